The van der Waals surface area contributed by atoms with Crippen LogP contribution in [0.15, 0.2) is 72.9 Å². The van der Waals surface area contributed by atoms with E-state index in [-0.39, 0.29) is 17.7 Å². The summed E-state index contributed by atoms with van der Waals surface area (Å²) in [5.74, 6) is -3.30. The average molecular weight is 432 g/mol. The van der Waals surface area contributed by atoms with E-state index in [1.54, 1.807) is 6.92 Å². The predicted molar refractivity (Wildman–Crippen MR) is 119 cm³/mol. The van der Waals surface area contributed by atoms with Gasteiger partial charge in [0.1, 0.15) is 5.69 Å². The van der Waals surface area contributed by atoms with Crippen molar-refractivity contribution in [1.82, 2.24) is 10.3 Å². The van der Waals surface area contributed by atoms with Crippen LogP contribution < -0.4 is 5.32 Å². The number of carboxylic acid groups (broad SMARTS) is 2. The number of aliphatic carboxylic acids is 1. The highest BCUT2D eigenvalue weighted by Crippen LogP contribution is 2.21. The third kappa shape index (κ3) is 6.01. The summed E-state index contributed by atoms with van der Waals surface area (Å²) < 4.78 is 0. The van der Waals surface area contributed by atoms with Crippen LogP contribution in [0.25, 0.3) is 11.1 Å². The lowest BCUT2D eigenvalue weighted by Gasteiger charge is -2.21. The molecule has 1 unspecified atom stereocenters. The summed E-state index contributed by atoms with van der Waals surface area (Å²) in [4.78, 5) is 39.0. The number of pyridine rings is 1. The number of aromatic carboxylic acids is 1. The third-order valence-corrected chi connectivity index (χ3v) is 5.18. The summed E-state index contributed by atoms with van der Waals surface area (Å²) in [5, 5.41) is 21.3. The molecule has 0 aliphatic heterocycles. The minimum absolute atomic E-state index is 0.157. The zero-order chi connectivity index (χ0) is 23.1. The van der Waals surface area contributed by atoms with Crippen molar-refractivity contribution >= 4 is 17.8 Å². The molecule has 7 heteroatoms. The Morgan fingerprint density at radius 3 is 2.22 bits per heavy atom. The molecule has 0 spiro atoms. The first-order valence-electron chi connectivity index (χ1n) is 10.2. The zero-order valence-electron chi connectivity index (χ0n) is 17.6. The number of amides is 1. The van der Waals surface area contributed by atoms with Crippen molar-refractivity contribution in [2.24, 2.45) is 5.92 Å². The normalized spacial score (nSPS) is 12.5. The standard InChI is InChI=1S/C25H24N2O5/c1-16(24(29)30)13-21(27-23(28)20-11-12-26-22(15-20)25(31)32)14-17-7-9-19(10-8-17)18-5-3-2-4-6-18/h2-12,15-16,21H,13-14H2,1H3,(H,27,28)(H,29,30)(H,31,32)/t16-,21?/m1/s1. The van der Waals surface area contributed by atoms with Gasteiger partial charge in [0.25, 0.3) is 5.91 Å². The fourth-order valence-corrected chi connectivity index (χ4v) is 3.43. The Bertz CT molecular complexity index is 1100. The van der Waals surface area contributed by atoms with Gasteiger partial charge >= 0.3 is 11.9 Å². The number of rotatable bonds is 9. The summed E-state index contributed by atoms with van der Waals surface area (Å²) in [6.45, 7) is 1.59. The first-order valence-corrected chi connectivity index (χ1v) is 10.2. The Labute approximate surface area is 185 Å². The van der Waals surface area contributed by atoms with E-state index in [1.165, 1.54) is 18.3 Å². The van der Waals surface area contributed by atoms with Crippen molar-refractivity contribution in [3.8, 4) is 11.1 Å². The van der Waals surface area contributed by atoms with E-state index in [4.69, 9.17) is 5.11 Å². The Balaban J connectivity index is 1.77. The highest BCUT2D eigenvalue weighted by molar-refractivity contribution is 5.96. The summed E-state index contributed by atoms with van der Waals surface area (Å²) in [6.07, 6.45) is 1.93. The van der Waals surface area contributed by atoms with Crippen LogP contribution in [-0.2, 0) is 11.2 Å². The maximum Gasteiger partial charge on any atom is 0.354 e. The predicted octanol–water partition coefficient (Wildman–Crippen LogP) is 3.90. The number of carboxylic acids is 2. The van der Waals surface area contributed by atoms with Gasteiger partial charge in [0.05, 0.1) is 5.92 Å². The Morgan fingerprint density at radius 1 is 0.938 bits per heavy atom. The molecule has 1 amide bonds. The number of hydrogen-bond donors (Lipinski definition) is 3. The van der Waals surface area contributed by atoms with E-state index >= 15 is 0 Å². The van der Waals surface area contributed by atoms with E-state index in [2.05, 4.69) is 10.3 Å². The second kappa shape index (κ2) is 10.3. The minimum atomic E-state index is -1.23. The molecule has 1 heterocycles. The van der Waals surface area contributed by atoms with Gasteiger partial charge in [-0.1, -0.05) is 61.5 Å². The van der Waals surface area contributed by atoms with E-state index in [1.807, 2.05) is 54.6 Å². The van der Waals surface area contributed by atoms with Crippen molar-refractivity contribution in [2.45, 2.75) is 25.8 Å². The van der Waals surface area contributed by atoms with Gasteiger partial charge in [-0.25, -0.2) is 9.78 Å². The molecule has 32 heavy (non-hydrogen) atoms. The molecular weight excluding hydrogens is 408 g/mol. The van der Waals surface area contributed by atoms with Gasteiger partial charge in [0, 0.05) is 17.8 Å². The minimum Gasteiger partial charge on any atom is -0.481 e. The molecule has 3 rings (SSSR count). The average Bonchev–Trinajstić information content (AvgIpc) is 2.80. The molecule has 0 aliphatic rings. The largest absolute Gasteiger partial charge is 0.481 e. The maximum atomic E-state index is 12.7. The fourth-order valence-electron chi connectivity index (χ4n) is 3.43. The lowest BCUT2D eigenvalue weighted by Crippen LogP contribution is -2.38. The molecular formula is C25H24N2O5. The van der Waals surface area contributed by atoms with E-state index in [0.29, 0.717) is 6.42 Å². The van der Waals surface area contributed by atoms with E-state index < -0.39 is 29.8 Å². The SMILES string of the molecule is C[C@H](CC(Cc1ccc(-c2ccccc2)cc1)NC(=O)c1ccnc(C(=O)O)c1)C(=O)O. The lowest BCUT2D eigenvalue weighted by atomic mass is 9.94. The molecule has 3 aromatic rings. The van der Waals surface area contributed by atoms with Crippen LogP contribution in [0, 0.1) is 5.92 Å². The van der Waals surface area contributed by atoms with Crippen LogP contribution in [-0.4, -0.2) is 39.1 Å². The molecule has 164 valence electrons. The van der Waals surface area contributed by atoms with Crippen LogP contribution in [0.3, 0.4) is 0 Å². The Kier molecular flexibility index (Phi) is 7.33. The van der Waals surface area contributed by atoms with Crippen LogP contribution in [0.5, 0.6) is 0 Å². The van der Waals surface area contributed by atoms with Gasteiger partial charge in [-0.3, -0.25) is 9.59 Å². The summed E-state index contributed by atoms with van der Waals surface area (Å²) in [6, 6.07) is 20.0. The van der Waals surface area contributed by atoms with Crippen molar-refractivity contribution in [3.63, 3.8) is 0 Å². The lowest BCUT2D eigenvalue weighted by molar-refractivity contribution is -0.141. The molecule has 3 N–H and O–H groups in total. The first kappa shape index (κ1) is 22.7. The van der Waals surface area contributed by atoms with Gasteiger partial charge in [-0.2, -0.15) is 0 Å². The summed E-state index contributed by atoms with van der Waals surface area (Å²) in [7, 11) is 0. The molecule has 0 bridgehead atoms. The summed E-state index contributed by atoms with van der Waals surface area (Å²) in [5.41, 5.74) is 3.03. The number of nitrogens with one attached hydrogen (secondary N) is 1. The second-order valence-electron chi connectivity index (χ2n) is 7.65. The number of benzene rings is 2. The van der Waals surface area contributed by atoms with Gasteiger partial charge in [-0.15, -0.1) is 0 Å². The Morgan fingerprint density at radius 2 is 1.59 bits per heavy atom. The monoisotopic (exact) mass is 432 g/mol. The van der Waals surface area contributed by atoms with E-state index in [9.17, 15) is 19.5 Å². The van der Waals surface area contributed by atoms with Crippen molar-refractivity contribution in [2.75, 3.05) is 0 Å². The quantitative estimate of drug-likeness (QED) is 0.472. The molecule has 1 aromatic heterocycles. The highest BCUT2D eigenvalue weighted by Gasteiger charge is 2.22. The smallest absolute Gasteiger partial charge is 0.354 e. The molecule has 0 fully saturated rings. The van der Waals surface area contributed by atoms with Gasteiger partial charge in [0.2, 0.25) is 0 Å². The number of carbonyl (C=O) groups excluding carboxylic acids is 1. The van der Waals surface area contributed by atoms with Crippen molar-refractivity contribution in [3.05, 3.63) is 89.7 Å². The maximum absolute atomic E-state index is 12.7. The molecule has 0 aliphatic carbocycles. The second-order valence-corrected chi connectivity index (χ2v) is 7.65. The molecule has 0 saturated heterocycles. The highest BCUT2D eigenvalue weighted by atomic mass is 16.4. The molecule has 0 saturated carbocycles. The van der Waals surface area contributed by atoms with Gasteiger partial charge in [0.15, 0.2) is 0 Å². The molecule has 2 aromatic carbocycles. The topological polar surface area (TPSA) is 117 Å². The molecule has 2 atom stereocenters. The van der Waals surface area contributed by atoms with Crippen molar-refractivity contribution in [1.29, 1.82) is 0 Å². The van der Waals surface area contributed by atoms with Crippen LogP contribution in [0.2, 0.25) is 0 Å². The fraction of sp³-hybridized carbons (Fsp3) is 0.200. The molecule has 7 nitrogen and oxygen atoms in total. The van der Waals surface area contributed by atoms with Gasteiger partial charge in [-0.05, 0) is 41.7 Å². The third-order valence-electron chi connectivity index (χ3n) is 5.18. The van der Waals surface area contributed by atoms with Crippen LogP contribution in [0.4, 0.5) is 0 Å². The zero-order valence-corrected chi connectivity index (χ0v) is 17.6. The van der Waals surface area contributed by atoms with Crippen molar-refractivity contribution < 1.29 is 24.6 Å². The summed E-state index contributed by atoms with van der Waals surface area (Å²) >= 11 is 0. The van der Waals surface area contributed by atoms with Crippen LogP contribution in [0.1, 0.15) is 39.8 Å². The Hall–Kier alpha value is -4.00. The van der Waals surface area contributed by atoms with Gasteiger partial charge < -0.3 is 15.5 Å². The first-order chi connectivity index (χ1) is 15.3. The number of carbonyl (C=O) groups is 3. The van der Waals surface area contributed by atoms with E-state index in [0.717, 1.165) is 16.7 Å². The van der Waals surface area contributed by atoms with Crippen LogP contribution >= 0.6 is 0 Å². The molecule has 0 radical (unpaired) electrons. The number of hydrogen-bond acceptors (Lipinski definition) is 4. The number of aromatic nitrogens is 1. The number of nitrogens with zero attached hydrogens (tertiary/aromatic N) is 1.